The zero-order valence-electron chi connectivity index (χ0n) is 11.5. The minimum Gasteiger partial charge on any atom is -0.504 e. The predicted octanol–water partition coefficient (Wildman–Crippen LogP) is 2.81. The zero-order valence-corrected chi connectivity index (χ0v) is 11.5. The standard InChI is InChI=1S/C15H22FNO2/c1-3-11(4-2)17-12-8-10-6-5-7-13(18)15(10)19-14(12)9-16/h5-7,11-12,14,17-18H,3-4,8-9H2,1-2H3. The van der Waals surface area contributed by atoms with Crippen LogP contribution in [0.4, 0.5) is 4.39 Å². The molecule has 1 aliphatic rings. The van der Waals surface area contributed by atoms with Crippen molar-refractivity contribution < 1.29 is 14.2 Å². The molecule has 2 atom stereocenters. The highest BCUT2D eigenvalue weighted by Crippen LogP contribution is 2.36. The highest BCUT2D eigenvalue weighted by Gasteiger charge is 2.32. The first-order valence-corrected chi connectivity index (χ1v) is 6.99. The van der Waals surface area contributed by atoms with Gasteiger partial charge in [-0.1, -0.05) is 26.0 Å². The van der Waals surface area contributed by atoms with Gasteiger partial charge >= 0.3 is 0 Å². The molecule has 2 rings (SSSR count). The van der Waals surface area contributed by atoms with Crippen molar-refractivity contribution in [2.75, 3.05) is 6.67 Å². The second-order valence-corrected chi connectivity index (χ2v) is 5.07. The van der Waals surface area contributed by atoms with Gasteiger partial charge < -0.3 is 15.2 Å². The van der Waals surface area contributed by atoms with Gasteiger partial charge in [-0.15, -0.1) is 0 Å². The first-order valence-electron chi connectivity index (χ1n) is 6.99. The molecule has 0 spiro atoms. The van der Waals surface area contributed by atoms with Crippen molar-refractivity contribution >= 4 is 0 Å². The SMILES string of the molecule is CCC(CC)NC1Cc2cccc(O)c2OC1CF. The number of hydrogen-bond donors (Lipinski definition) is 2. The number of benzene rings is 1. The number of ether oxygens (including phenoxy) is 1. The normalized spacial score (nSPS) is 22.1. The smallest absolute Gasteiger partial charge is 0.164 e. The second-order valence-electron chi connectivity index (χ2n) is 5.07. The van der Waals surface area contributed by atoms with Gasteiger partial charge in [-0.2, -0.15) is 0 Å². The van der Waals surface area contributed by atoms with E-state index in [1.54, 1.807) is 12.1 Å². The summed E-state index contributed by atoms with van der Waals surface area (Å²) in [5.41, 5.74) is 0.938. The molecule has 19 heavy (non-hydrogen) atoms. The van der Waals surface area contributed by atoms with Gasteiger partial charge in [-0.3, -0.25) is 0 Å². The highest BCUT2D eigenvalue weighted by atomic mass is 19.1. The number of phenols is 1. The molecule has 3 nitrogen and oxygen atoms in total. The topological polar surface area (TPSA) is 41.5 Å². The Hall–Kier alpha value is -1.29. The molecule has 0 radical (unpaired) electrons. The van der Waals surface area contributed by atoms with Gasteiger partial charge in [-0.05, 0) is 30.9 Å². The third kappa shape index (κ3) is 3.00. The van der Waals surface area contributed by atoms with E-state index in [-0.39, 0.29) is 11.8 Å². The van der Waals surface area contributed by atoms with Crippen LogP contribution in [0.3, 0.4) is 0 Å². The molecule has 1 aliphatic heterocycles. The van der Waals surface area contributed by atoms with Gasteiger partial charge in [0.1, 0.15) is 12.8 Å². The van der Waals surface area contributed by atoms with Crippen molar-refractivity contribution in [3.05, 3.63) is 23.8 Å². The maximum absolute atomic E-state index is 13.2. The fourth-order valence-electron chi connectivity index (χ4n) is 2.60. The van der Waals surface area contributed by atoms with E-state index in [9.17, 15) is 9.50 Å². The van der Waals surface area contributed by atoms with E-state index in [0.717, 1.165) is 18.4 Å². The molecule has 106 valence electrons. The Labute approximate surface area is 113 Å². The summed E-state index contributed by atoms with van der Waals surface area (Å²) >= 11 is 0. The molecule has 0 fully saturated rings. The molecule has 2 unspecified atom stereocenters. The Bertz CT molecular complexity index is 421. The van der Waals surface area contributed by atoms with Crippen LogP contribution in [0.1, 0.15) is 32.3 Å². The minimum atomic E-state index is -0.550. The van der Waals surface area contributed by atoms with E-state index >= 15 is 0 Å². The third-order valence-electron chi connectivity index (χ3n) is 3.82. The molecular formula is C15H22FNO2. The number of hydrogen-bond acceptors (Lipinski definition) is 3. The molecule has 0 bridgehead atoms. The summed E-state index contributed by atoms with van der Waals surface area (Å²) in [6.07, 6.45) is 2.19. The van der Waals surface area contributed by atoms with Gasteiger partial charge in [0.05, 0.1) is 6.04 Å². The lowest BCUT2D eigenvalue weighted by molar-refractivity contribution is 0.0951. The van der Waals surface area contributed by atoms with Crippen molar-refractivity contribution in [1.29, 1.82) is 0 Å². The average molecular weight is 267 g/mol. The van der Waals surface area contributed by atoms with Crippen LogP contribution in [0.25, 0.3) is 0 Å². The number of rotatable bonds is 5. The fourth-order valence-corrected chi connectivity index (χ4v) is 2.60. The lowest BCUT2D eigenvalue weighted by atomic mass is 9.95. The Morgan fingerprint density at radius 3 is 2.79 bits per heavy atom. The number of aromatic hydroxyl groups is 1. The van der Waals surface area contributed by atoms with Crippen LogP contribution >= 0.6 is 0 Å². The Morgan fingerprint density at radius 1 is 1.42 bits per heavy atom. The summed E-state index contributed by atoms with van der Waals surface area (Å²) in [6.45, 7) is 3.69. The Morgan fingerprint density at radius 2 is 2.16 bits per heavy atom. The Balaban J connectivity index is 2.17. The van der Waals surface area contributed by atoms with Crippen molar-refractivity contribution in [1.82, 2.24) is 5.32 Å². The predicted molar refractivity (Wildman–Crippen MR) is 73.5 cm³/mol. The van der Waals surface area contributed by atoms with Crippen molar-refractivity contribution in [3.63, 3.8) is 0 Å². The van der Waals surface area contributed by atoms with Crippen molar-refractivity contribution in [3.8, 4) is 11.5 Å². The number of halogens is 1. The molecule has 1 heterocycles. The maximum Gasteiger partial charge on any atom is 0.164 e. The number of para-hydroxylation sites is 1. The van der Waals surface area contributed by atoms with Crippen LogP contribution in [0, 0.1) is 0 Å². The van der Waals surface area contributed by atoms with Gasteiger partial charge in [-0.25, -0.2) is 4.39 Å². The van der Waals surface area contributed by atoms with Crippen LogP contribution in [0.5, 0.6) is 11.5 Å². The molecule has 1 aromatic rings. The van der Waals surface area contributed by atoms with E-state index in [0.29, 0.717) is 18.2 Å². The molecule has 0 saturated carbocycles. The van der Waals surface area contributed by atoms with Crippen LogP contribution in [0.2, 0.25) is 0 Å². The van der Waals surface area contributed by atoms with Gasteiger partial charge in [0, 0.05) is 6.04 Å². The Kier molecular flexibility index (Phi) is 4.64. The molecule has 2 N–H and O–H groups in total. The van der Waals surface area contributed by atoms with E-state index in [4.69, 9.17) is 4.74 Å². The monoisotopic (exact) mass is 267 g/mol. The average Bonchev–Trinajstić information content (AvgIpc) is 2.44. The van der Waals surface area contributed by atoms with Gasteiger partial charge in [0.15, 0.2) is 11.5 Å². The number of fused-ring (bicyclic) bond motifs is 1. The summed E-state index contributed by atoms with van der Waals surface area (Å²) < 4.78 is 18.8. The fraction of sp³-hybridized carbons (Fsp3) is 0.600. The number of alkyl halides is 1. The van der Waals surface area contributed by atoms with Crippen molar-refractivity contribution in [2.45, 2.75) is 51.3 Å². The first-order chi connectivity index (χ1) is 9.19. The largest absolute Gasteiger partial charge is 0.504 e. The van der Waals surface area contributed by atoms with Crippen LogP contribution in [-0.4, -0.2) is 30.0 Å². The van der Waals surface area contributed by atoms with E-state index < -0.39 is 12.8 Å². The molecule has 1 aromatic carbocycles. The van der Waals surface area contributed by atoms with E-state index in [2.05, 4.69) is 19.2 Å². The molecular weight excluding hydrogens is 245 g/mol. The second kappa shape index (κ2) is 6.24. The maximum atomic E-state index is 13.2. The van der Waals surface area contributed by atoms with Crippen LogP contribution in [0.15, 0.2) is 18.2 Å². The molecule has 0 aromatic heterocycles. The molecule has 4 heteroatoms. The molecule has 0 saturated heterocycles. The van der Waals surface area contributed by atoms with Crippen molar-refractivity contribution in [2.24, 2.45) is 0 Å². The van der Waals surface area contributed by atoms with Crippen LogP contribution < -0.4 is 10.1 Å². The van der Waals surface area contributed by atoms with E-state index in [1.165, 1.54) is 0 Å². The van der Waals surface area contributed by atoms with Crippen LogP contribution in [-0.2, 0) is 6.42 Å². The lowest BCUT2D eigenvalue weighted by Crippen LogP contribution is -2.51. The summed E-state index contributed by atoms with van der Waals surface area (Å²) in [5, 5.41) is 13.2. The van der Waals surface area contributed by atoms with Gasteiger partial charge in [0.25, 0.3) is 0 Å². The third-order valence-corrected chi connectivity index (χ3v) is 3.82. The zero-order chi connectivity index (χ0) is 13.8. The van der Waals surface area contributed by atoms with E-state index in [1.807, 2.05) is 6.07 Å². The number of nitrogens with one attached hydrogen (secondary N) is 1. The quantitative estimate of drug-likeness (QED) is 0.862. The lowest BCUT2D eigenvalue weighted by Gasteiger charge is -2.35. The summed E-state index contributed by atoms with van der Waals surface area (Å²) in [7, 11) is 0. The minimum absolute atomic E-state index is 0.0378. The molecule has 0 amide bonds. The number of phenolic OH excluding ortho intramolecular Hbond substituents is 1. The highest BCUT2D eigenvalue weighted by molar-refractivity contribution is 5.47. The summed E-state index contributed by atoms with van der Waals surface area (Å²) in [5.74, 6) is 0.532. The summed E-state index contributed by atoms with van der Waals surface area (Å²) in [6, 6.07) is 5.63. The first kappa shape index (κ1) is 14.1. The summed E-state index contributed by atoms with van der Waals surface area (Å²) in [4.78, 5) is 0. The molecule has 0 aliphatic carbocycles. The van der Waals surface area contributed by atoms with Gasteiger partial charge in [0.2, 0.25) is 0 Å².